The van der Waals surface area contributed by atoms with Crippen LogP contribution in [0.5, 0.6) is 0 Å². The molecule has 0 spiro atoms. The Morgan fingerprint density at radius 2 is 1.42 bits per heavy atom. The van der Waals surface area contributed by atoms with Gasteiger partial charge in [-0.15, -0.1) is 0 Å². The molecule has 1 fully saturated rings. The van der Waals surface area contributed by atoms with Gasteiger partial charge >= 0.3 is 5.97 Å². The van der Waals surface area contributed by atoms with Crippen molar-refractivity contribution in [2.75, 3.05) is 6.61 Å². The molecule has 1 aliphatic carbocycles. The fourth-order valence-electron chi connectivity index (χ4n) is 6.67. The number of ether oxygens (including phenoxy) is 2. The lowest BCUT2D eigenvalue weighted by Gasteiger charge is -2.32. The topological polar surface area (TPSA) is 86.7 Å². The number of aryl methyl sites for hydroxylation is 1. The van der Waals surface area contributed by atoms with Crippen LogP contribution in [0.1, 0.15) is 132 Å². The van der Waals surface area contributed by atoms with Crippen molar-refractivity contribution in [2.45, 2.75) is 123 Å². The summed E-state index contributed by atoms with van der Waals surface area (Å²) in [6.45, 7) is 5.73. The van der Waals surface area contributed by atoms with E-state index in [0.717, 1.165) is 68.9 Å². The summed E-state index contributed by atoms with van der Waals surface area (Å²) in [6.07, 6.45) is 10.9. The van der Waals surface area contributed by atoms with Crippen molar-refractivity contribution >= 4 is 23.3 Å². The number of hydrogen-bond acceptors (Lipinski definition) is 6. The van der Waals surface area contributed by atoms with E-state index >= 15 is 0 Å². The van der Waals surface area contributed by atoms with Crippen molar-refractivity contribution < 1.29 is 28.7 Å². The fraction of sp³-hybridized carbons (Fsp3) is 0.590. The molecule has 6 nitrogen and oxygen atoms in total. The number of carbonyl (C=O) groups is 4. The molecule has 0 saturated heterocycles. The van der Waals surface area contributed by atoms with Crippen molar-refractivity contribution in [2.24, 2.45) is 17.3 Å². The Balaban J connectivity index is 1.60. The maximum absolute atomic E-state index is 13.9. The lowest BCUT2D eigenvalue weighted by molar-refractivity contribution is -0.161. The molecule has 1 aliphatic heterocycles. The maximum atomic E-state index is 13.9. The van der Waals surface area contributed by atoms with Crippen LogP contribution in [0.15, 0.2) is 54.6 Å². The van der Waals surface area contributed by atoms with Crippen LogP contribution < -0.4 is 0 Å². The third-order valence-corrected chi connectivity index (χ3v) is 9.61. The summed E-state index contributed by atoms with van der Waals surface area (Å²) in [5.41, 5.74) is 1.58. The monoisotopic (exact) mass is 616 g/mol. The number of benzene rings is 2. The predicted molar refractivity (Wildman–Crippen MR) is 176 cm³/mol. The van der Waals surface area contributed by atoms with Gasteiger partial charge in [0.05, 0.1) is 24.0 Å². The SMILES string of the molecule is CC1CCCCCCCCC(=O)c2cccc(c2)C(CCc2ccccc2)OC(=O)C2CCCCC2C(=O)C(=O)C(C)(C)CO1. The highest BCUT2D eigenvalue weighted by Gasteiger charge is 2.44. The van der Waals surface area contributed by atoms with Crippen LogP contribution in [-0.2, 0) is 30.3 Å². The van der Waals surface area contributed by atoms with Gasteiger partial charge in [0, 0.05) is 17.9 Å². The summed E-state index contributed by atoms with van der Waals surface area (Å²) in [6, 6.07) is 17.5. The molecule has 4 atom stereocenters. The van der Waals surface area contributed by atoms with E-state index in [1.807, 2.05) is 61.5 Å². The first kappa shape index (κ1) is 34.7. The number of Topliss-reactive ketones (excluding diaryl/α,β-unsaturated/α-hetero) is 3. The van der Waals surface area contributed by atoms with Crippen LogP contribution in [0.4, 0.5) is 0 Å². The van der Waals surface area contributed by atoms with Crippen molar-refractivity contribution in [1.29, 1.82) is 0 Å². The normalized spacial score (nSPS) is 26.5. The first-order valence-electron chi connectivity index (χ1n) is 17.2. The van der Waals surface area contributed by atoms with E-state index in [0.29, 0.717) is 37.7 Å². The molecule has 0 radical (unpaired) electrons. The fourth-order valence-corrected chi connectivity index (χ4v) is 6.67. The van der Waals surface area contributed by atoms with Crippen molar-refractivity contribution in [1.82, 2.24) is 0 Å². The zero-order valence-corrected chi connectivity index (χ0v) is 27.6. The van der Waals surface area contributed by atoms with E-state index in [1.165, 1.54) is 0 Å². The Bertz CT molecular complexity index is 1280. The Labute approximate surface area is 269 Å². The average Bonchev–Trinajstić information content (AvgIpc) is 3.06. The smallest absolute Gasteiger partial charge is 0.310 e. The summed E-state index contributed by atoms with van der Waals surface area (Å²) in [5, 5.41) is 0. The second kappa shape index (κ2) is 17.0. The van der Waals surface area contributed by atoms with Gasteiger partial charge in [-0.2, -0.15) is 0 Å². The Hall–Kier alpha value is -3.12. The van der Waals surface area contributed by atoms with E-state index in [2.05, 4.69) is 0 Å². The molecule has 4 rings (SSSR count). The first-order valence-corrected chi connectivity index (χ1v) is 17.2. The minimum absolute atomic E-state index is 0.00775. The largest absolute Gasteiger partial charge is 0.457 e. The van der Waals surface area contributed by atoms with Gasteiger partial charge in [0.2, 0.25) is 11.6 Å². The van der Waals surface area contributed by atoms with Gasteiger partial charge < -0.3 is 9.47 Å². The quantitative estimate of drug-likeness (QED) is 0.254. The van der Waals surface area contributed by atoms with Gasteiger partial charge in [0.25, 0.3) is 0 Å². The molecule has 2 aliphatic rings. The van der Waals surface area contributed by atoms with Crippen LogP contribution in [-0.4, -0.2) is 36.0 Å². The molecule has 0 aromatic heterocycles. The van der Waals surface area contributed by atoms with Gasteiger partial charge in [0.1, 0.15) is 6.10 Å². The number of fused-ring (bicyclic) bond motifs is 3. The molecule has 45 heavy (non-hydrogen) atoms. The average molecular weight is 617 g/mol. The molecule has 2 bridgehead atoms. The molecule has 4 unspecified atom stereocenters. The number of ketones is 3. The molecular weight excluding hydrogens is 564 g/mol. The molecule has 244 valence electrons. The molecule has 2 aromatic carbocycles. The number of rotatable bonds is 3. The van der Waals surface area contributed by atoms with E-state index in [4.69, 9.17) is 9.47 Å². The van der Waals surface area contributed by atoms with Gasteiger partial charge in [-0.25, -0.2) is 0 Å². The van der Waals surface area contributed by atoms with Crippen molar-refractivity contribution in [3.63, 3.8) is 0 Å². The van der Waals surface area contributed by atoms with E-state index in [-0.39, 0.29) is 18.5 Å². The van der Waals surface area contributed by atoms with Gasteiger partial charge in [0.15, 0.2) is 5.78 Å². The molecular formula is C39H52O6. The number of hydrogen-bond donors (Lipinski definition) is 0. The summed E-state index contributed by atoms with van der Waals surface area (Å²) in [7, 11) is 0. The van der Waals surface area contributed by atoms with Gasteiger partial charge in [-0.1, -0.05) is 107 Å². The summed E-state index contributed by atoms with van der Waals surface area (Å²) < 4.78 is 12.3. The first-order chi connectivity index (χ1) is 21.7. The summed E-state index contributed by atoms with van der Waals surface area (Å²) in [4.78, 5) is 54.3. The Morgan fingerprint density at radius 3 is 2.18 bits per heavy atom. The molecule has 0 amide bonds. The lowest BCUT2D eigenvalue weighted by Crippen LogP contribution is -2.44. The molecule has 2 aromatic rings. The van der Waals surface area contributed by atoms with Crippen molar-refractivity contribution in [3.05, 3.63) is 71.3 Å². The van der Waals surface area contributed by atoms with E-state index in [9.17, 15) is 19.2 Å². The highest BCUT2D eigenvalue weighted by molar-refractivity contribution is 6.40. The lowest BCUT2D eigenvalue weighted by atomic mass is 9.72. The second-order valence-corrected chi connectivity index (χ2v) is 13.9. The maximum Gasteiger partial charge on any atom is 0.310 e. The van der Waals surface area contributed by atoms with Gasteiger partial charge in [-0.3, -0.25) is 19.2 Å². The highest BCUT2D eigenvalue weighted by atomic mass is 16.5. The second-order valence-electron chi connectivity index (χ2n) is 13.9. The van der Waals surface area contributed by atoms with Crippen LogP contribution in [0, 0.1) is 17.3 Å². The Morgan fingerprint density at radius 1 is 0.756 bits per heavy atom. The molecule has 6 heteroatoms. The van der Waals surface area contributed by atoms with Crippen LogP contribution in [0.3, 0.4) is 0 Å². The molecule has 1 heterocycles. The van der Waals surface area contributed by atoms with E-state index in [1.54, 1.807) is 13.8 Å². The molecule has 0 N–H and O–H groups in total. The highest BCUT2D eigenvalue weighted by Crippen LogP contribution is 2.36. The third-order valence-electron chi connectivity index (χ3n) is 9.61. The molecule has 1 saturated carbocycles. The summed E-state index contributed by atoms with van der Waals surface area (Å²) in [5.74, 6) is -2.64. The Kier molecular flexibility index (Phi) is 13.1. The number of esters is 1. The minimum atomic E-state index is -0.975. The predicted octanol–water partition coefficient (Wildman–Crippen LogP) is 8.60. The zero-order valence-electron chi connectivity index (χ0n) is 27.6. The number of carbonyl (C=O) groups excluding carboxylic acids is 4. The summed E-state index contributed by atoms with van der Waals surface area (Å²) >= 11 is 0. The standard InChI is InChI=1S/C39H52O6/c1-28-16-9-6-4-5-7-12-23-34(40)30-19-15-20-31(26-30)35(25-24-29-17-10-8-11-18-29)45-38(43)33-22-14-13-21-32(33)36(41)37(42)39(2,3)27-44-28/h8,10-11,15,17-20,26,28,32-33,35H,4-7,9,12-14,16,21-25,27H2,1-3H3. The van der Waals surface area contributed by atoms with Crippen LogP contribution in [0.25, 0.3) is 0 Å². The van der Waals surface area contributed by atoms with E-state index < -0.39 is 40.9 Å². The number of cyclic esters (lactones) is 1. The third kappa shape index (κ3) is 10.2. The van der Waals surface area contributed by atoms with Gasteiger partial charge in [-0.05, 0) is 62.6 Å². The van der Waals surface area contributed by atoms with Crippen LogP contribution >= 0.6 is 0 Å². The minimum Gasteiger partial charge on any atom is -0.457 e. The van der Waals surface area contributed by atoms with Crippen molar-refractivity contribution in [3.8, 4) is 0 Å². The van der Waals surface area contributed by atoms with Crippen LogP contribution in [0.2, 0.25) is 0 Å². The zero-order chi connectivity index (χ0) is 32.2.